The molecule has 1 aliphatic carbocycles. The molecule has 1 aliphatic rings. The van der Waals surface area contributed by atoms with Crippen LogP contribution < -0.4 is 15.4 Å². The Morgan fingerprint density at radius 3 is 2.63 bits per heavy atom. The Kier molecular flexibility index (Phi) is 6.63. The maximum absolute atomic E-state index is 13.1. The van der Waals surface area contributed by atoms with Gasteiger partial charge >= 0.3 is 0 Å². The lowest BCUT2D eigenvalue weighted by molar-refractivity contribution is 0.0954. The van der Waals surface area contributed by atoms with E-state index >= 15 is 0 Å². The molecule has 2 amide bonds. The van der Waals surface area contributed by atoms with Crippen molar-refractivity contribution in [1.29, 1.82) is 0 Å². The Morgan fingerprint density at radius 1 is 1.06 bits per heavy atom. The number of anilines is 1. The van der Waals surface area contributed by atoms with E-state index < -0.39 is 5.91 Å². The smallest absolute Gasteiger partial charge is 0.278 e. The predicted molar refractivity (Wildman–Crippen MR) is 135 cm³/mol. The average Bonchev–Trinajstić information content (AvgIpc) is 3.61. The van der Waals surface area contributed by atoms with Crippen LogP contribution in [0.1, 0.15) is 43.3 Å². The van der Waals surface area contributed by atoms with Gasteiger partial charge in [-0.2, -0.15) is 0 Å². The Labute approximate surface area is 207 Å². The molecular weight excluding hydrogens is 462 g/mol. The molecule has 5 rings (SSSR count). The Morgan fingerprint density at radius 2 is 1.86 bits per heavy atom. The summed E-state index contributed by atoms with van der Waals surface area (Å²) in [6, 6.07) is 18.9. The van der Waals surface area contributed by atoms with Gasteiger partial charge in [-0.1, -0.05) is 35.5 Å². The first-order valence-electron chi connectivity index (χ1n) is 11.5. The van der Waals surface area contributed by atoms with E-state index in [-0.39, 0.29) is 11.6 Å². The number of amides is 2. The fraction of sp³-hybridized carbons (Fsp3) is 0.222. The van der Waals surface area contributed by atoms with Crippen molar-refractivity contribution in [1.82, 2.24) is 10.5 Å². The van der Waals surface area contributed by atoms with Crippen LogP contribution in [-0.2, 0) is 19.3 Å². The van der Waals surface area contributed by atoms with E-state index in [1.807, 2.05) is 54.6 Å². The normalized spacial score (nSPS) is 12.3. The van der Waals surface area contributed by atoms with E-state index in [2.05, 4.69) is 15.8 Å². The van der Waals surface area contributed by atoms with Crippen LogP contribution in [0.4, 0.5) is 5.00 Å². The standard InChI is InChI=1S/C27H25N3O4S/c1-33-19-12-10-18(11-13-19)22-16-21(30-34-22)25(31)29-27-24(20-8-5-9-23(20)35-27)26(32)28-15-14-17-6-3-2-4-7-17/h2-4,6-7,10-13,16H,5,8-9,14-15H2,1H3,(H,28,32)(H,29,31). The van der Waals surface area contributed by atoms with Gasteiger partial charge in [-0.3, -0.25) is 9.59 Å². The second-order valence-electron chi connectivity index (χ2n) is 8.31. The van der Waals surface area contributed by atoms with Crippen LogP contribution in [0.3, 0.4) is 0 Å². The van der Waals surface area contributed by atoms with E-state index in [4.69, 9.17) is 9.26 Å². The molecule has 35 heavy (non-hydrogen) atoms. The zero-order valence-electron chi connectivity index (χ0n) is 19.3. The molecule has 0 saturated carbocycles. The van der Waals surface area contributed by atoms with E-state index in [9.17, 15) is 9.59 Å². The van der Waals surface area contributed by atoms with Crippen molar-refractivity contribution >= 4 is 28.2 Å². The minimum Gasteiger partial charge on any atom is -0.497 e. The molecule has 0 spiro atoms. The van der Waals surface area contributed by atoms with Crippen molar-refractivity contribution in [2.45, 2.75) is 25.7 Å². The van der Waals surface area contributed by atoms with Gasteiger partial charge < -0.3 is 19.9 Å². The summed E-state index contributed by atoms with van der Waals surface area (Å²) in [5.41, 5.74) is 3.71. The number of nitrogens with zero attached hydrogens (tertiary/aromatic N) is 1. The zero-order valence-corrected chi connectivity index (χ0v) is 20.1. The molecule has 2 aromatic carbocycles. The number of methoxy groups -OCH3 is 1. The highest BCUT2D eigenvalue weighted by Crippen LogP contribution is 2.39. The predicted octanol–water partition coefficient (Wildman–Crippen LogP) is 5.13. The van der Waals surface area contributed by atoms with Crippen molar-refractivity contribution in [3.8, 4) is 17.1 Å². The highest BCUT2D eigenvalue weighted by atomic mass is 32.1. The van der Waals surface area contributed by atoms with Crippen LogP contribution in [0.5, 0.6) is 5.75 Å². The number of benzene rings is 2. The van der Waals surface area contributed by atoms with Crippen molar-refractivity contribution in [3.63, 3.8) is 0 Å². The van der Waals surface area contributed by atoms with E-state index in [1.54, 1.807) is 13.2 Å². The second kappa shape index (κ2) is 10.1. The molecule has 0 saturated heterocycles. The first-order valence-corrected chi connectivity index (χ1v) is 12.3. The summed E-state index contributed by atoms with van der Waals surface area (Å²) in [6.45, 7) is 0.523. The average molecular weight is 488 g/mol. The molecule has 8 heteroatoms. The van der Waals surface area contributed by atoms with Crippen molar-refractivity contribution < 1.29 is 18.8 Å². The summed E-state index contributed by atoms with van der Waals surface area (Å²) in [6.07, 6.45) is 3.53. The largest absolute Gasteiger partial charge is 0.497 e. The first-order chi connectivity index (χ1) is 17.1. The highest BCUT2D eigenvalue weighted by molar-refractivity contribution is 7.17. The number of hydrogen-bond acceptors (Lipinski definition) is 6. The van der Waals surface area contributed by atoms with E-state index in [0.29, 0.717) is 22.9 Å². The lowest BCUT2D eigenvalue weighted by Gasteiger charge is -2.09. The molecule has 0 fully saturated rings. The minimum atomic E-state index is -0.410. The third-order valence-electron chi connectivity index (χ3n) is 6.03. The molecule has 0 bridgehead atoms. The fourth-order valence-electron chi connectivity index (χ4n) is 4.23. The lowest BCUT2D eigenvalue weighted by Crippen LogP contribution is -2.27. The van der Waals surface area contributed by atoms with Crippen LogP contribution in [0.15, 0.2) is 65.2 Å². The Bertz CT molecular complexity index is 1340. The Balaban J connectivity index is 1.30. The molecule has 0 atom stereocenters. The highest BCUT2D eigenvalue weighted by Gasteiger charge is 2.28. The number of aromatic nitrogens is 1. The van der Waals surface area contributed by atoms with E-state index in [1.165, 1.54) is 11.3 Å². The number of carbonyl (C=O) groups is 2. The van der Waals surface area contributed by atoms with E-state index in [0.717, 1.165) is 53.0 Å². The van der Waals surface area contributed by atoms with Crippen molar-refractivity contribution in [3.05, 3.63) is 87.9 Å². The van der Waals surface area contributed by atoms with Gasteiger partial charge in [0.2, 0.25) is 0 Å². The number of ether oxygens (including phenoxy) is 1. The monoisotopic (exact) mass is 487 g/mol. The minimum absolute atomic E-state index is 0.153. The van der Waals surface area contributed by atoms with Crippen LogP contribution in [0.2, 0.25) is 0 Å². The quantitative estimate of drug-likeness (QED) is 0.360. The van der Waals surface area contributed by atoms with Gasteiger partial charge in [-0.05, 0) is 61.1 Å². The third kappa shape index (κ3) is 4.97. The van der Waals surface area contributed by atoms with Crippen molar-refractivity contribution in [2.24, 2.45) is 0 Å². The number of thiophene rings is 1. The molecule has 4 aromatic rings. The van der Waals surface area contributed by atoms with Crippen LogP contribution >= 0.6 is 11.3 Å². The van der Waals surface area contributed by atoms with Gasteiger partial charge in [0.05, 0.1) is 12.7 Å². The summed E-state index contributed by atoms with van der Waals surface area (Å²) in [7, 11) is 1.60. The number of nitrogens with one attached hydrogen (secondary N) is 2. The summed E-state index contributed by atoms with van der Waals surface area (Å²) in [4.78, 5) is 27.3. The molecule has 2 aromatic heterocycles. The van der Waals surface area contributed by atoms with Crippen LogP contribution in [-0.4, -0.2) is 30.6 Å². The fourth-order valence-corrected chi connectivity index (χ4v) is 5.51. The van der Waals surface area contributed by atoms with Crippen molar-refractivity contribution in [2.75, 3.05) is 19.0 Å². The SMILES string of the molecule is COc1ccc(-c2cc(C(=O)Nc3sc4c(c3C(=O)NCCc3ccccc3)CCC4)no2)cc1. The summed E-state index contributed by atoms with van der Waals surface area (Å²) >= 11 is 1.47. The summed E-state index contributed by atoms with van der Waals surface area (Å²) in [5, 5.41) is 10.4. The summed E-state index contributed by atoms with van der Waals surface area (Å²) < 4.78 is 10.6. The molecular formula is C27H25N3O4S. The van der Waals surface area contributed by atoms with Gasteiger partial charge in [-0.25, -0.2) is 0 Å². The maximum Gasteiger partial charge on any atom is 0.278 e. The molecule has 0 aliphatic heterocycles. The number of hydrogen-bond donors (Lipinski definition) is 2. The zero-order chi connectivity index (χ0) is 24.2. The molecule has 0 unspecified atom stereocenters. The molecule has 2 heterocycles. The Hall–Kier alpha value is -3.91. The lowest BCUT2D eigenvalue weighted by atomic mass is 10.1. The molecule has 0 radical (unpaired) electrons. The molecule has 2 N–H and O–H groups in total. The van der Waals surface area contributed by atoms with Gasteiger partial charge in [0, 0.05) is 23.1 Å². The van der Waals surface area contributed by atoms with Gasteiger partial charge in [0.1, 0.15) is 10.8 Å². The molecule has 178 valence electrons. The third-order valence-corrected chi connectivity index (χ3v) is 7.24. The number of rotatable bonds is 8. The topological polar surface area (TPSA) is 93.5 Å². The van der Waals surface area contributed by atoms with Gasteiger partial charge in [0.25, 0.3) is 11.8 Å². The van der Waals surface area contributed by atoms with Gasteiger partial charge in [0.15, 0.2) is 11.5 Å². The second-order valence-corrected chi connectivity index (χ2v) is 9.42. The summed E-state index contributed by atoms with van der Waals surface area (Å²) in [5.74, 6) is 0.637. The van der Waals surface area contributed by atoms with Crippen LogP contribution in [0.25, 0.3) is 11.3 Å². The first kappa shape index (κ1) is 22.9. The maximum atomic E-state index is 13.1. The number of carbonyl (C=O) groups excluding carboxylic acids is 2. The number of fused-ring (bicyclic) bond motifs is 1. The molecule has 7 nitrogen and oxygen atoms in total. The van der Waals surface area contributed by atoms with Gasteiger partial charge in [-0.15, -0.1) is 11.3 Å². The number of aryl methyl sites for hydroxylation is 1. The van der Waals surface area contributed by atoms with Crippen LogP contribution in [0, 0.1) is 0 Å².